The Balaban J connectivity index is 1.70. The molecule has 2 N–H and O–H groups in total. The van der Waals surface area contributed by atoms with Crippen molar-refractivity contribution in [3.63, 3.8) is 0 Å². The molecule has 0 aliphatic rings. The van der Waals surface area contributed by atoms with E-state index in [0.29, 0.717) is 12.3 Å². The Morgan fingerprint density at radius 1 is 1.22 bits per heavy atom. The zero-order chi connectivity index (χ0) is 16.5. The van der Waals surface area contributed by atoms with E-state index in [9.17, 15) is 4.79 Å². The number of amides is 1. The summed E-state index contributed by atoms with van der Waals surface area (Å²) in [5, 5.41) is 4.39. The van der Waals surface area contributed by atoms with Crippen molar-refractivity contribution in [1.29, 1.82) is 0 Å². The molecule has 23 heavy (non-hydrogen) atoms. The number of hydrogen-bond donors (Lipinski definition) is 2. The van der Waals surface area contributed by atoms with Crippen molar-refractivity contribution >= 4 is 16.8 Å². The molecule has 0 fully saturated rings. The SMILES string of the molecule is CCCCC(CC)CNC(=O)CCCc1c[nH]c2ccccc12. The Kier molecular flexibility index (Phi) is 7.18. The Morgan fingerprint density at radius 3 is 2.83 bits per heavy atom. The van der Waals surface area contributed by atoms with Crippen LogP contribution in [0, 0.1) is 5.92 Å². The van der Waals surface area contributed by atoms with E-state index in [1.54, 1.807) is 0 Å². The summed E-state index contributed by atoms with van der Waals surface area (Å²) >= 11 is 0. The number of rotatable bonds is 10. The molecule has 2 aromatic rings. The van der Waals surface area contributed by atoms with E-state index in [4.69, 9.17) is 0 Å². The molecular weight excluding hydrogens is 284 g/mol. The Morgan fingerprint density at radius 2 is 2.04 bits per heavy atom. The van der Waals surface area contributed by atoms with E-state index >= 15 is 0 Å². The molecule has 0 saturated carbocycles. The molecule has 1 unspecified atom stereocenters. The monoisotopic (exact) mass is 314 g/mol. The van der Waals surface area contributed by atoms with Gasteiger partial charge in [-0.25, -0.2) is 0 Å². The number of para-hydroxylation sites is 1. The zero-order valence-corrected chi connectivity index (χ0v) is 14.5. The van der Waals surface area contributed by atoms with Crippen molar-refractivity contribution in [3.8, 4) is 0 Å². The standard InChI is InChI=1S/C20H30N2O/c1-3-5-9-16(4-2)14-22-20(23)13-8-10-17-15-21-19-12-7-6-11-18(17)19/h6-7,11-12,15-16,21H,3-5,8-10,13-14H2,1-2H3,(H,22,23). The molecular formula is C20H30N2O. The minimum Gasteiger partial charge on any atom is -0.361 e. The first-order chi connectivity index (χ1) is 11.2. The van der Waals surface area contributed by atoms with Gasteiger partial charge in [-0.15, -0.1) is 0 Å². The van der Waals surface area contributed by atoms with Crippen LogP contribution in [-0.2, 0) is 11.2 Å². The Bertz CT molecular complexity index is 602. The highest BCUT2D eigenvalue weighted by atomic mass is 16.1. The van der Waals surface area contributed by atoms with E-state index in [1.165, 1.54) is 35.7 Å². The van der Waals surface area contributed by atoms with Gasteiger partial charge in [0.05, 0.1) is 0 Å². The van der Waals surface area contributed by atoms with Crippen molar-refractivity contribution in [3.05, 3.63) is 36.0 Å². The second-order valence-corrected chi connectivity index (χ2v) is 6.43. The topological polar surface area (TPSA) is 44.9 Å². The van der Waals surface area contributed by atoms with E-state index < -0.39 is 0 Å². The number of fused-ring (bicyclic) bond motifs is 1. The van der Waals surface area contributed by atoms with Crippen LogP contribution >= 0.6 is 0 Å². The third-order valence-electron chi connectivity index (χ3n) is 4.66. The molecule has 1 aromatic heterocycles. The largest absolute Gasteiger partial charge is 0.361 e. The molecule has 2 rings (SSSR count). The van der Waals surface area contributed by atoms with Crippen LogP contribution in [0.5, 0.6) is 0 Å². The maximum absolute atomic E-state index is 12.0. The molecule has 1 heterocycles. The van der Waals surface area contributed by atoms with Crippen molar-refractivity contribution < 1.29 is 4.79 Å². The number of carbonyl (C=O) groups is 1. The number of benzene rings is 1. The minimum atomic E-state index is 0.194. The van der Waals surface area contributed by atoms with Gasteiger partial charge in [0.2, 0.25) is 5.91 Å². The van der Waals surface area contributed by atoms with Gasteiger partial charge in [-0.3, -0.25) is 4.79 Å². The summed E-state index contributed by atoms with van der Waals surface area (Å²) in [6.45, 7) is 5.27. The molecule has 1 aromatic carbocycles. The van der Waals surface area contributed by atoms with Crippen molar-refractivity contribution in [2.75, 3.05) is 6.54 Å². The van der Waals surface area contributed by atoms with E-state index in [-0.39, 0.29) is 5.91 Å². The van der Waals surface area contributed by atoms with Gasteiger partial charge in [-0.1, -0.05) is 51.3 Å². The highest BCUT2D eigenvalue weighted by Gasteiger charge is 2.09. The minimum absolute atomic E-state index is 0.194. The maximum atomic E-state index is 12.0. The number of unbranched alkanes of at least 4 members (excludes halogenated alkanes) is 1. The molecule has 1 amide bonds. The summed E-state index contributed by atoms with van der Waals surface area (Å²) in [6.07, 6.45) is 9.40. The second-order valence-electron chi connectivity index (χ2n) is 6.43. The predicted molar refractivity (Wildman–Crippen MR) is 97.6 cm³/mol. The average molecular weight is 314 g/mol. The number of nitrogens with one attached hydrogen (secondary N) is 2. The van der Waals surface area contributed by atoms with E-state index in [2.05, 4.69) is 48.5 Å². The molecule has 0 saturated heterocycles. The van der Waals surface area contributed by atoms with Gasteiger partial charge in [-0.2, -0.15) is 0 Å². The van der Waals surface area contributed by atoms with Gasteiger partial charge in [0.25, 0.3) is 0 Å². The van der Waals surface area contributed by atoms with E-state index in [0.717, 1.165) is 25.8 Å². The van der Waals surface area contributed by atoms with Gasteiger partial charge in [0.15, 0.2) is 0 Å². The lowest BCUT2D eigenvalue weighted by molar-refractivity contribution is -0.121. The number of aromatic nitrogens is 1. The van der Waals surface area contributed by atoms with Gasteiger partial charge < -0.3 is 10.3 Å². The lowest BCUT2D eigenvalue weighted by Crippen LogP contribution is -2.29. The maximum Gasteiger partial charge on any atom is 0.220 e. The third-order valence-corrected chi connectivity index (χ3v) is 4.66. The van der Waals surface area contributed by atoms with Gasteiger partial charge in [0, 0.05) is 30.1 Å². The van der Waals surface area contributed by atoms with Crippen LogP contribution in [0.2, 0.25) is 0 Å². The molecule has 0 radical (unpaired) electrons. The number of aryl methyl sites for hydroxylation is 1. The Labute approximate surface area is 139 Å². The van der Waals surface area contributed by atoms with Crippen LogP contribution in [0.25, 0.3) is 10.9 Å². The molecule has 0 spiro atoms. The summed E-state index contributed by atoms with van der Waals surface area (Å²) in [4.78, 5) is 15.3. The first-order valence-corrected chi connectivity index (χ1v) is 9.06. The molecule has 0 bridgehead atoms. The summed E-state index contributed by atoms with van der Waals surface area (Å²) < 4.78 is 0. The first-order valence-electron chi connectivity index (χ1n) is 9.06. The lowest BCUT2D eigenvalue weighted by Gasteiger charge is -2.15. The summed E-state index contributed by atoms with van der Waals surface area (Å²) in [6, 6.07) is 8.33. The van der Waals surface area contributed by atoms with Crippen LogP contribution in [0.3, 0.4) is 0 Å². The third kappa shape index (κ3) is 5.42. The molecule has 126 valence electrons. The number of H-pyrrole nitrogens is 1. The van der Waals surface area contributed by atoms with Crippen LogP contribution in [-0.4, -0.2) is 17.4 Å². The number of hydrogen-bond acceptors (Lipinski definition) is 1. The van der Waals surface area contributed by atoms with Gasteiger partial charge in [-0.05, 0) is 36.8 Å². The fourth-order valence-corrected chi connectivity index (χ4v) is 3.07. The summed E-state index contributed by atoms with van der Waals surface area (Å²) in [5.74, 6) is 0.826. The molecule has 0 aliphatic heterocycles. The average Bonchev–Trinajstić information content (AvgIpc) is 2.98. The van der Waals surface area contributed by atoms with Crippen molar-refractivity contribution in [2.45, 2.75) is 58.8 Å². The first kappa shape index (κ1) is 17.6. The molecule has 1 atom stereocenters. The van der Waals surface area contributed by atoms with E-state index in [1.807, 2.05) is 6.07 Å². The van der Waals surface area contributed by atoms with Gasteiger partial charge >= 0.3 is 0 Å². The van der Waals surface area contributed by atoms with Crippen LogP contribution < -0.4 is 5.32 Å². The number of aromatic amines is 1. The van der Waals surface area contributed by atoms with Crippen LogP contribution in [0.1, 0.15) is 57.9 Å². The fraction of sp³-hybridized carbons (Fsp3) is 0.550. The van der Waals surface area contributed by atoms with Crippen molar-refractivity contribution in [2.24, 2.45) is 5.92 Å². The smallest absolute Gasteiger partial charge is 0.220 e. The summed E-state index contributed by atoms with van der Waals surface area (Å²) in [7, 11) is 0. The lowest BCUT2D eigenvalue weighted by atomic mass is 9.99. The second kappa shape index (κ2) is 9.39. The fourth-order valence-electron chi connectivity index (χ4n) is 3.07. The highest BCUT2D eigenvalue weighted by molar-refractivity contribution is 5.83. The van der Waals surface area contributed by atoms with Gasteiger partial charge in [0.1, 0.15) is 0 Å². The summed E-state index contributed by atoms with van der Waals surface area (Å²) in [5.41, 5.74) is 2.48. The normalized spacial score (nSPS) is 12.4. The van der Waals surface area contributed by atoms with Crippen LogP contribution in [0.15, 0.2) is 30.5 Å². The highest BCUT2D eigenvalue weighted by Crippen LogP contribution is 2.19. The molecule has 0 aliphatic carbocycles. The molecule has 3 nitrogen and oxygen atoms in total. The zero-order valence-electron chi connectivity index (χ0n) is 14.5. The van der Waals surface area contributed by atoms with Crippen LogP contribution in [0.4, 0.5) is 0 Å². The quantitative estimate of drug-likeness (QED) is 0.648. The Hall–Kier alpha value is -1.77. The van der Waals surface area contributed by atoms with Crippen molar-refractivity contribution in [1.82, 2.24) is 10.3 Å². The predicted octanol–water partition coefficient (Wildman–Crippen LogP) is 4.82. The number of carbonyl (C=O) groups excluding carboxylic acids is 1. The molecule has 3 heteroatoms.